The van der Waals surface area contributed by atoms with Crippen LogP contribution in [0.3, 0.4) is 0 Å². The Balaban J connectivity index is 1.31. The van der Waals surface area contributed by atoms with Crippen LogP contribution in [0.4, 0.5) is 11.4 Å². The number of hydrogen-bond acceptors (Lipinski definition) is 6. The molecule has 2 saturated heterocycles. The van der Waals surface area contributed by atoms with Crippen LogP contribution in [0.1, 0.15) is 5.56 Å². The Morgan fingerprint density at radius 3 is 2.44 bits per heavy atom. The van der Waals surface area contributed by atoms with Crippen LogP contribution in [-0.2, 0) is 9.53 Å². The van der Waals surface area contributed by atoms with Crippen LogP contribution >= 0.6 is 11.8 Å². The Hall–Kier alpha value is -3.55. The van der Waals surface area contributed by atoms with Crippen molar-refractivity contribution in [1.29, 1.82) is 0 Å². The third-order valence-electron chi connectivity index (χ3n) is 5.59. The lowest BCUT2D eigenvalue weighted by Gasteiger charge is -2.28. The molecule has 34 heavy (non-hydrogen) atoms. The number of likely N-dealkylation sites (N-methyl/N-ethyl adjacent to an activating group) is 1. The number of benzene rings is 3. The SMILES string of the molecule is CN1C(=O)/C(=C/c2cccc(Oc3ccccc3)c2)SC1=Nc1ccc(N2CCOCC2)cc1. The van der Waals surface area contributed by atoms with Gasteiger partial charge in [0, 0.05) is 25.8 Å². The van der Waals surface area contributed by atoms with Crippen LogP contribution in [0.2, 0.25) is 0 Å². The first kappa shape index (κ1) is 22.3. The number of rotatable bonds is 5. The van der Waals surface area contributed by atoms with E-state index < -0.39 is 0 Å². The van der Waals surface area contributed by atoms with E-state index in [0.29, 0.717) is 10.1 Å². The van der Waals surface area contributed by atoms with Crippen LogP contribution in [0.15, 0.2) is 88.8 Å². The first-order chi connectivity index (χ1) is 16.7. The molecule has 5 rings (SSSR count). The predicted octanol–water partition coefficient (Wildman–Crippen LogP) is 5.55. The normalized spacial score (nSPS) is 18.7. The van der Waals surface area contributed by atoms with Gasteiger partial charge in [-0.05, 0) is 71.9 Å². The summed E-state index contributed by atoms with van der Waals surface area (Å²) < 4.78 is 11.3. The van der Waals surface area contributed by atoms with Crippen molar-refractivity contribution >= 4 is 40.3 Å². The highest BCUT2D eigenvalue weighted by atomic mass is 32.2. The van der Waals surface area contributed by atoms with Gasteiger partial charge in [-0.25, -0.2) is 4.99 Å². The molecule has 0 aromatic heterocycles. The smallest absolute Gasteiger partial charge is 0.266 e. The maximum absolute atomic E-state index is 12.9. The molecule has 1 amide bonds. The summed E-state index contributed by atoms with van der Waals surface area (Å²) in [5.41, 5.74) is 2.88. The van der Waals surface area contributed by atoms with Gasteiger partial charge in [0.2, 0.25) is 0 Å². The summed E-state index contributed by atoms with van der Waals surface area (Å²) >= 11 is 1.38. The molecule has 0 N–H and O–H groups in total. The van der Waals surface area contributed by atoms with Crippen LogP contribution in [0, 0.1) is 0 Å². The third-order valence-corrected chi connectivity index (χ3v) is 6.65. The molecule has 2 aliphatic heterocycles. The topological polar surface area (TPSA) is 54.4 Å². The summed E-state index contributed by atoms with van der Waals surface area (Å²) in [6.07, 6.45) is 1.88. The lowest BCUT2D eigenvalue weighted by atomic mass is 10.2. The number of para-hydroxylation sites is 1. The van der Waals surface area contributed by atoms with Crippen molar-refractivity contribution < 1.29 is 14.3 Å². The van der Waals surface area contributed by atoms with Crippen molar-refractivity contribution in [3.8, 4) is 11.5 Å². The quantitative estimate of drug-likeness (QED) is 0.457. The second-order valence-corrected chi connectivity index (χ2v) is 8.98. The molecule has 0 radical (unpaired) electrons. The van der Waals surface area contributed by atoms with Crippen molar-refractivity contribution in [1.82, 2.24) is 4.90 Å². The van der Waals surface area contributed by atoms with Crippen molar-refractivity contribution in [2.45, 2.75) is 0 Å². The molecule has 0 spiro atoms. The zero-order valence-corrected chi connectivity index (χ0v) is 19.7. The number of amidine groups is 1. The van der Waals surface area contributed by atoms with Crippen molar-refractivity contribution in [3.05, 3.63) is 89.3 Å². The molecular weight excluding hydrogens is 446 g/mol. The van der Waals surface area contributed by atoms with Crippen LogP contribution < -0.4 is 9.64 Å². The van der Waals surface area contributed by atoms with Crippen molar-refractivity contribution in [3.63, 3.8) is 0 Å². The van der Waals surface area contributed by atoms with E-state index in [-0.39, 0.29) is 5.91 Å². The van der Waals surface area contributed by atoms with Gasteiger partial charge in [-0.3, -0.25) is 9.69 Å². The second-order valence-electron chi connectivity index (χ2n) is 7.97. The van der Waals surface area contributed by atoms with Crippen LogP contribution in [0.25, 0.3) is 6.08 Å². The fourth-order valence-corrected chi connectivity index (χ4v) is 4.75. The van der Waals surface area contributed by atoms with Gasteiger partial charge >= 0.3 is 0 Å². The number of ether oxygens (including phenoxy) is 2. The lowest BCUT2D eigenvalue weighted by molar-refractivity contribution is -0.121. The summed E-state index contributed by atoms with van der Waals surface area (Å²) in [4.78, 5) is 22.1. The van der Waals surface area contributed by atoms with Gasteiger partial charge in [-0.1, -0.05) is 30.3 Å². The molecule has 0 saturated carbocycles. The van der Waals surface area contributed by atoms with Gasteiger partial charge in [0.15, 0.2) is 5.17 Å². The van der Waals surface area contributed by atoms with Crippen molar-refractivity contribution in [2.24, 2.45) is 4.99 Å². The van der Waals surface area contributed by atoms with E-state index in [1.807, 2.05) is 72.8 Å². The molecule has 0 bridgehead atoms. The highest BCUT2D eigenvalue weighted by Gasteiger charge is 2.30. The van der Waals surface area contributed by atoms with Gasteiger partial charge in [0.05, 0.1) is 23.8 Å². The van der Waals surface area contributed by atoms with Gasteiger partial charge in [-0.2, -0.15) is 0 Å². The number of carbonyl (C=O) groups excluding carboxylic acids is 1. The number of aliphatic imine (C=N–C) groups is 1. The Labute approximate surface area is 203 Å². The minimum atomic E-state index is -0.0666. The van der Waals surface area contributed by atoms with Gasteiger partial charge in [0.1, 0.15) is 11.5 Å². The fourth-order valence-electron chi connectivity index (χ4n) is 3.77. The van der Waals surface area contributed by atoms with Gasteiger partial charge < -0.3 is 14.4 Å². The Bertz CT molecular complexity index is 1220. The minimum Gasteiger partial charge on any atom is -0.457 e. The van der Waals surface area contributed by atoms with E-state index in [1.165, 1.54) is 11.8 Å². The summed E-state index contributed by atoms with van der Waals surface area (Å²) in [5.74, 6) is 1.43. The number of nitrogens with zero attached hydrogens (tertiary/aromatic N) is 3. The predicted molar refractivity (Wildman–Crippen MR) is 138 cm³/mol. The van der Waals surface area contributed by atoms with E-state index in [1.54, 1.807) is 11.9 Å². The lowest BCUT2D eigenvalue weighted by Crippen LogP contribution is -2.36. The number of carbonyl (C=O) groups is 1. The first-order valence-electron chi connectivity index (χ1n) is 11.2. The van der Waals surface area contributed by atoms with Gasteiger partial charge in [-0.15, -0.1) is 0 Å². The maximum Gasteiger partial charge on any atom is 0.266 e. The summed E-state index contributed by atoms with van der Waals surface area (Å²) in [5, 5.41) is 0.659. The van der Waals surface area contributed by atoms with Crippen molar-refractivity contribution in [2.75, 3.05) is 38.3 Å². The number of morpholine rings is 1. The Morgan fingerprint density at radius 1 is 0.941 bits per heavy atom. The van der Waals surface area contributed by atoms with E-state index in [2.05, 4.69) is 17.0 Å². The minimum absolute atomic E-state index is 0.0666. The number of amides is 1. The molecule has 2 heterocycles. The largest absolute Gasteiger partial charge is 0.457 e. The maximum atomic E-state index is 12.9. The average molecular weight is 472 g/mol. The Morgan fingerprint density at radius 2 is 1.68 bits per heavy atom. The molecule has 0 atom stereocenters. The summed E-state index contributed by atoms with van der Waals surface area (Å²) in [6.45, 7) is 3.30. The molecule has 0 unspecified atom stereocenters. The van der Waals surface area contributed by atoms with Crippen LogP contribution in [-0.4, -0.2) is 49.3 Å². The molecule has 3 aromatic rings. The molecular formula is C27H25N3O3S. The van der Waals surface area contributed by atoms with E-state index in [4.69, 9.17) is 14.5 Å². The summed E-state index contributed by atoms with van der Waals surface area (Å²) in [6, 6.07) is 25.5. The molecule has 0 aliphatic carbocycles. The molecule has 2 fully saturated rings. The standard InChI is InChI=1S/C27H25N3O3S/c1-29-26(31)25(19-20-6-5-9-24(18-20)33-23-7-3-2-4-8-23)34-27(29)28-21-10-12-22(13-11-21)30-14-16-32-17-15-30/h2-13,18-19H,14-17H2,1H3/b25-19-,28-27?. The molecule has 172 valence electrons. The average Bonchev–Trinajstić information content (AvgIpc) is 3.13. The second kappa shape index (κ2) is 10.2. The third kappa shape index (κ3) is 5.16. The zero-order chi connectivity index (χ0) is 23.3. The zero-order valence-electron chi connectivity index (χ0n) is 18.9. The fraction of sp³-hybridized carbons (Fsp3) is 0.185. The highest BCUT2D eigenvalue weighted by molar-refractivity contribution is 8.18. The number of thioether (sulfide) groups is 1. The molecule has 3 aromatic carbocycles. The van der Waals surface area contributed by atoms with Gasteiger partial charge in [0.25, 0.3) is 5.91 Å². The molecule has 2 aliphatic rings. The summed E-state index contributed by atoms with van der Waals surface area (Å²) in [7, 11) is 1.76. The van der Waals surface area contributed by atoms with Crippen LogP contribution in [0.5, 0.6) is 11.5 Å². The first-order valence-corrected chi connectivity index (χ1v) is 12.0. The number of hydrogen-bond donors (Lipinski definition) is 0. The molecule has 7 heteroatoms. The van der Waals surface area contributed by atoms with E-state index in [9.17, 15) is 4.79 Å². The van der Waals surface area contributed by atoms with E-state index in [0.717, 1.165) is 54.7 Å². The molecule has 6 nitrogen and oxygen atoms in total. The number of anilines is 1. The highest BCUT2D eigenvalue weighted by Crippen LogP contribution is 2.34. The van der Waals surface area contributed by atoms with E-state index >= 15 is 0 Å². The monoisotopic (exact) mass is 471 g/mol. The Kier molecular flexibility index (Phi) is 6.65.